The molecule has 0 aromatic heterocycles. The van der Waals surface area contributed by atoms with Gasteiger partial charge in [-0.1, -0.05) is 20.3 Å². The minimum absolute atomic E-state index is 0.0510. The first-order chi connectivity index (χ1) is 21.2. The predicted octanol–water partition coefficient (Wildman–Crippen LogP) is 0.684. The molecular formula is C31H53N7O6. The summed E-state index contributed by atoms with van der Waals surface area (Å²) < 4.78 is 0. The summed E-state index contributed by atoms with van der Waals surface area (Å²) in [5.41, 5.74) is 1.07. The molecule has 1 aliphatic rings. The molecule has 5 N–H and O–H groups in total. The minimum atomic E-state index is -0.891. The van der Waals surface area contributed by atoms with E-state index in [1.54, 1.807) is 24.3 Å². The van der Waals surface area contributed by atoms with Crippen molar-refractivity contribution in [1.29, 1.82) is 0 Å². The monoisotopic (exact) mass is 619 g/mol. The van der Waals surface area contributed by atoms with E-state index in [0.717, 1.165) is 58.4 Å². The van der Waals surface area contributed by atoms with Gasteiger partial charge in [0.05, 0.1) is 13.1 Å². The molecule has 1 saturated heterocycles. The number of benzene rings is 1. The zero-order chi connectivity index (χ0) is 32.2. The fraction of sp³-hybridized carbons (Fsp3) is 0.677. The van der Waals surface area contributed by atoms with Crippen molar-refractivity contribution < 1.29 is 29.4 Å². The lowest BCUT2D eigenvalue weighted by molar-refractivity contribution is -0.140. The molecule has 44 heavy (non-hydrogen) atoms. The van der Waals surface area contributed by atoms with Crippen molar-refractivity contribution in [3.63, 3.8) is 0 Å². The first-order valence-electron chi connectivity index (χ1n) is 15.9. The number of nitrogens with one attached hydrogen (secondary N) is 3. The highest BCUT2D eigenvalue weighted by molar-refractivity contribution is 5.97. The van der Waals surface area contributed by atoms with Crippen molar-refractivity contribution in [2.24, 2.45) is 0 Å². The minimum Gasteiger partial charge on any atom is -0.480 e. The van der Waals surface area contributed by atoms with Crippen LogP contribution in [0.5, 0.6) is 0 Å². The molecule has 2 rings (SSSR count). The molecule has 248 valence electrons. The number of nitrogens with zero attached hydrogens (tertiary/aromatic N) is 4. The Morgan fingerprint density at radius 2 is 1.02 bits per heavy atom. The molecule has 0 saturated carbocycles. The van der Waals surface area contributed by atoms with Gasteiger partial charge >= 0.3 is 11.9 Å². The van der Waals surface area contributed by atoms with Gasteiger partial charge in [0.15, 0.2) is 0 Å². The van der Waals surface area contributed by atoms with Crippen LogP contribution in [0, 0.1) is 0 Å². The Labute approximate surface area is 261 Å². The Balaban J connectivity index is 1.75. The fourth-order valence-electron chi connectivity index (χ4n) is 4.92. The van der Waals surface area contributed by atoms with Crippen molar-refractivity contribution in [1.82, 2.24) is 35.6 Å². The molecule has 1 fully saturated rings. The third-order valence-corrected chi connectivity index (χ3v) is 7.72. The second-order valence-corrected chi connectivity index (χ2v) is 11.2. The second-order valence-electron chi connectivity index (χ2n) is 11.2. The van der Waals surface area contributed by atoms with Crippen LogP contribution in [-0.4, -0.2) is 152 Å². The summed E-state index contributed by atoms with van der Waals surface area (Å²) in [5.74, 6) is -2.06. The van der Waals surface area contributed by atoms with Crippen molar-refractivity contribution in [2.45, 2.75) is 39.5 Å². The number of rotatable bonds is 17. The second kappa shape index (κ2) is 21.6. The Hall–Kier alpha value is -3.10. The number of likely N-dealkylation sites (N-methyl/N-ethyl adjacent to an activating group) is 1. The number of hydrogen-bond acceptors (Lipinski definition) is 9. The van der Waals surface area contributed by atoms with E-state index >= 15 is 0 Å². The van der Waals surface area contributed by atoms with Crippen molar-refractivity contribution in [3.05, 3.63) is 35.4 Å². The molecule has 1 aliphatic heterocycles. The van der Waals surface area contributed by atoms with Gasteiger partial charge in [0.1, 0.15) is 0 Å². The topological polar surface area (TPSA) is 158 Å². The van der Waals surface area contributed by atoms with Gasteiger partial charge in [0.25, 0.3) is 11.8 Å². The lowest BCUT2D eigenvalue weighted by Crippen LogP contribution is -2.49. The fourth-order valence-corrected chi connectivity index (χ4v) is 4.92. The quantitative estimate of drug-likeness (QED) is 0.156. The molecule has 0 radical (unpaired) electrons. The molecule has 13 heteroatoms. The van der Waals surface area contributed by atoms with Gasteiger partial charge in [-0.15, -0.1) is 0 Å². The molecule has 1 aromatic carbocycles. The SMILES string of the molecule is CCCCNC(=O)c1ccc(C(=O)NCCCCNCN2CCN(CC)CCN(CC(=O)O)CCN(CC(=O)O)CC2)cc1. The highest BCUT2D eigenvalue weighted by Gasteiger charge is 2.18. The van der Waals surface area contributed by atoms with Crippen LogP contribution in [0.25, 0.3) is 0 Å². The van der Waals surface area contributed by atoms with Gasteiger partial charge in [-0.3, -0.25) is 33.9 Å². The Kier molecular flexibility index (Phi) is 18.2. The van der Waals surface area contributed by atoms with Crippen LogP contribution in [0.3, 0.4) is 0 Å². The number of carboxylic acid groups (broad SMARTS) is 2. The van der Waals surface area contributed by atoms with E-state index in [-0.39, 0.29) is 24.9 Å². The average molecular weight is 620 g/mol. The molecule has 0 bridgehead atoms. The zero-order valence-corrected chi connectivity index (χ0v) is 26.6. The number of unbranched alkanes of at least 4 members (excludes halogenated alkanes) is 2. The number of carboxylic acids is 2. The van der Waals surface area contributed by atoms with E-state index < -0.39 is 11.9 Å². The Morgan fingerprint density at radius 1 is 0.614 bits per heavy atom. The molecule has 0 atom stereocenters. The summed E-state index contributed by atoms with van der Waals surface area (Å²) >= 11 is 0. The van der Waals surface area contributed by atoms with Crippen LogP contribution < -0.4 is 16.0 Å². The molecule has 1 heterocycles. The van der Waals surface area contributed by atoms with Crippen LogP contribution in [0.2, 0.25) is 0 Å². The summed E-state index contributed by atoms with van der Waals surface area (Å²) in [6.07, 6.45) is 3.65. The molecule has 2 amide bonds. The van der Waals surface area contributed by atoms with Crippen molar-refractivity contribution in [2.75, 3.05) is 98.3 Å². The molecule has 1 aromatic rings. The molecule has 0 unspecified atom stereocenters. The van der Waals surface area contributed by atoms with E-state index in [2.05, 4.69) is 39.6 Å². The lowest BCUT2D eigenvalue weighted by atomic mass is 10.1. The zero-order valence-electron chi connectivity index (χ0n) is 26.6. The number of carbonyl (C=O) groups excluding carboxylic acids is 2. The number of hydrogen-bond donors (Lipinski definition) is 5. The van der Waals surface area contributed by atoms with E-state index in [9.17, 15) is 29.4 Å². The molecule has 0 spiro atoms. The maximum Gasteiger partial charge on any atom is 0.317 e. The molecular weight excluding hydrogens is 566 g/mol. The van der Waals surface area contributed by atoms with Gasteiger partial charge < -0.3 is 31.1 Å². The first kappa shape index (κ1) is 37.1. The van der Waals surface area contributed by atoms with Crippen LogP contribution in [0.1, 0.15) is 60.2 Å². The highest BCUT2D eigenvalue weighted by Crippen LogP contribution is 2.05. The first-order valence-corrected chi connectivity index (χ1v) is 15.9. The maximum atomic E-state index is 12.5. The van der Waals surface area contributed by atoms with Gasteiger partial charge in [0, 0.05) is 83.2 Å². The van der Waals surface area contributed by atoms with Gasteiger partial charge in [-0.25, -0.2) is 0 Å². The summed E-state index contributed by atoms with van der Waals surface area (Å²) in [7, 11) is 0. The van der Waals surface area contributed by atoms with Crippen LogP contribution in [0.4, 0.5) is 0 Å². The van der Waals surface area contributed by atoms with E-state index in [1.165, 1.54) is 0 Å². The summed E-state index contributed by atoms with van der Waals surface area (Å²) in [6.45, 7) is 12.9. The maximum absolute atomic E-state index is 12.5. The predicted molar refractivity (Wildman–Crippen MR) is 170 cm³/mol. The van der Waals surface area contributed by atoms with Gasteiger partial charge in [0.2, 0.25) is 0 Å². The summed E-state index contributed by atoms with van der Waals surface area (Å²) in [4.78, 5) is 55.8. The number of aliphatic carboxylic acids is 2. The molecule has 13 nitrogen and oxygen atoms in total. The number of carbonyl (C=O) groups is 4. The normalized spacial score (nSPS) is 16.5. The van der Waals surface area contributed by atoms with Gasteiger partial charge in [-0.05, 0) is 56.6 Å². The molecule has 0 aliphatic carbocycles. The third kappa shape index (κ3) is 15.6. The Morgan fingerprint density at radius 3 is 1.45 bits per heavy atom. The lowest BCUT2D eigenvalue weighted by Gasteiger charge is -2.33. The largest absolute Gasteiger partial charge is 0.480 e. The highest BCUT2D eigenvalue weighted by atomic mass is 16.4. The van der Waals surface area contributed by atoms with E-state index in [0.29, 0.717) is 63.6 Å². The smallest absolute Gasteiger partial charge is 0.317 e. The van der Waals surface area contributed by atoms with Crippen molar-refractivity contribution >= 4 is 23.8 Å². The van der Waals surface area contributed by atoms with Crippen molar-refractivity contribution in [3.8, 4) is 0 Å². The average Bonchev–Trinajstić information content (AvgIpc) is 2.99. The third-order valence-electron chi connectivity index (χ3n) is 7.72. The van der Waals surface area contributed by atoms with Crippen LogP contribution in [0.15, 0.2) is 24.3 Å². The summed E-state index contributed by atoms with van der Waals surface area (Å²) in [6, 6.07) is 6.69. The standard InChI is InChI=1S/C31H53N7O6/c1-3-5-13-33-30(43)26-8-10-27(11-9-26)31(44)34-14-7-6-12-32-25-38-21-16-35(4-2)15-17-36(23-28(39)40)18-19-37(20-22-38)24-29(41)42/h8-11,32H,3-7,12-25H2,1-2H3,(H,33,43)(H,34,44)(H,39,40)(H,41,42). The Bertz CT molecular complexity index is 1010. The van der Waals surface area contributed by atoms with Gasteiger partial charge in [-0.2, -0.15) is 0 Å². The van der Waals surface area contributed by atoms with E-state index in [1.807, 2.05) is 9.80 Å². The number of amides is 2. The van der Waals surface area contributed by atoms with Crippen LogP contribution in [-0.2, 0) is 9.59 Å². The van der Waals surface area contributed by atoms with E-state index in [4.69, 9.17) is 0 Å². The summed E-state index contributed by atoms with van der Waals surface area (Å²) in [5, 5.41) is 28.0. The van der Waals surface area contributed by atoms with Crippen LogP contribution >= 0.6 is 0 Å².